The summed E-state index contributed by atoms with van der Waals surface area (Å²) in [6.07, 6.45) is 0. The van der Waals surface area contributed by atoms with E-state index in [0.29, 0.717) is 34.8 Å². The van der Waals surface area contributed by atoms with Gasteiger partial charge in [-0.3, -0.25) is 9.36 Å². The van der Waals surface area contributed by atoms with E-state index in [9.17, 15) is 9.59 Å². The molecule has 4 rings (SSSR count). The minimum absolute atomic E-state index is 0.101. The van der Waals surface area contributed by atoms with E-state index in [4.69, 9.17) is 9.47 Å². The molecule has 0 radical (unpaired) electrons. The molecule has 0 aliphatic rings. The molecule has 0 aliphatic carbocycles. The highest BCUT2D eigenvalue weighted by atomic mass is 32.1. The molecule has 2 aromatic carbocycles. The van der Waals surface area contributed by atoms with Gasteiger partial charge in [-0.1, -0.05) is 24.3 Å². The predicted molar refractivity (Wildman–Crippen MR) is 122 cm³/mol. The summed E-state index contributed by atoms with van der Waals surface area (Å²) < 4.78 is 12.0. The summed E-state index contributed by atoms with van der Waals surface area (Å²) in [6.45, 7) is 4.23. The van der Waals surface area contributed by atoms with Crippen LogP contribution in [-0.2, 0) is 11.3 Å². The van der Waals surface area contributed by atoms with Gasteiger partial charge in [0, 0.05) is 10.9 Å². The van der Waals surface area contributed by atoms with Crippen molar-refractivity contribution in [3.8, 4) is 16.9 Å². The second-order valence-electron chi connectivity index (χ2n) is 7.03. The summed E-state index contributed by atoms with van der Waals surface area (Å²) in [5, 5.41) is 2.56. The topological polar surface area (TPSA) is 70.4 Å². The van der Waals surface area contributed by atoms with Gasteiger partial charge >= 0.3 is 5.97 Å². The number of carbonyl (C=O) groups excluding carboxylic acids is 1. The average molecular weight is 435 g/mol. The molecule has 2 heterocycles. The maximum Gasteiger partial charge on any atom is 0.338 e. The van der Waals surface area contributed by atoms with Crippen LogP contribution >= 0.6 is 11.3 Å². The van der Waals surface area contributed by atoms with Crippen LogP contribution in [0.4, 0.5) is 0 Å². The van der Waals surface area contributed by atoms with Crippen LogP contribution < -0.4 is 10.3 Å². The van der Waals surface area contributed by atoms with Gasteiger partial charge in [-0.05, 0) is 49.2 Å². The number of aromatic nitrogens is 2. The van der Waals surface area contributed by atoms with Crippen LogP contribution in [0.15, 0.2) is 58.7 Å². The number of esters is 1. The van der Waals surface area contributed by atoms with Gasteiger partial charge in [-0.2, -0.15) is 0 Å². The number of hydrogen-bond acceptors (Lipinski definition) is 6. The first-order valence-corrected chi connectivity index (χ1v) is 10.8. The lowest BCUT2D eigenvalue weighted by molar-refractivity contribution is 0.0526. The quantitative estimate of drug-likeness (QED) is 0.413. The van der Waals surface area contributed by atoms with Crippen LogP contribution in [0, 0.1) is 6.92 Å². The molecule has 0 saturated heterocycles. The molecule has 0 saturated carbocycles. The minimum atomic E-state index is -0.373. The van der Waals surface area contributed by atoms with Crippen molar-refractivity contribution in [1.82, 2.24) is 9.55 Å². The molecule has 7 heteroatoms. The molecule has 0 N–H and O–H groups in total. The van der Waals surface area contributed by atoms with Gasteiger partial charge < -0.3 is 9.47 Å². The number of ether oxygens (including phenoxy) is 2. The number of hydrogen-bond donors (Lipinski definition) is 0. The van der Waals surface area contributed by atoms with E-state index in [2.05, 4.69) is 4.98 Å². The van der Waals surface area contributed by atoms with Crippen molar-refractivity contribution in [3.05, 3.63) is 81.2 Å². The molecule has 2 aromatic heterocycles. The van der Waals surface area contributed by atoms with Crippen molar-refractivity contribution < 1.29 is 14.3 Å². The molecule has 0 aliphatic heterocycles. The molecule has 4 aromatic rings. The smallest absolute Gasteiger partial charge is 0.338 e. The van der Waals surface area contributed by atoms with Gasteiger partial charge in [0.2, 0.25) is 0 Å². The van der Waals surface area contributed by atoms with Crippen molar-refractivity contribution in [2.75, 3.05) is 13.7 Å². The van der Waals surface area contributed by atoms with E-state index in [1.165, 1.54) is 11.3 Å². The zero-order chi connectivity index (χ0) is 22.0. The highest BCUT2D eigenvalue weighted by Crippen LogP contribution is 2.32. The summed E-state index contributed by atoms with van der Waals surface area (Å²) in [5.74, 6) is 1.01. The van der Waals surface area contributed by atoms with E-state index < -0.39 is 0 Å². The Morgan fingerprint density at radius 3 is 2.65 bits per heavy atom. The Labute approximate surface area is 183 Å². The first-order valence-electron chi connectivity index (χ1n) is 9.91. The molecule has 0 atom stereocenters. The van der Waals surface area contributed by atoms with Crippen molar-refractivity contribution in [2.45, 2.75) is 20.4 Å². The van der Waals surface area contributed by atoms with Crippen LogP contribution in [0.5, 0.6) is 5.75 Å². The normalized spacial score (nSPS) is 10.9. The monoisotopic (exact) mass is 434 g/mol. The van der Waals surface area contributed by atoms with Crippen LogP contribution in [0.25, 0.3) is 21.3 Å². The third-order valence-electron chi connectivity index (χ3n) is 5.06. The Balaban J connectivity index is 1.76. The lowest BCUT2D eigenvalue weighted by Gasteiger charge is -2.11. The number of methoxy groups -OCH3 is 1. The van der Waals surface area contributed by atoms with Crippen LogP contribution in [-0.4, -0.2) is 29.2 Å². The van der Waals surface area contributed by atoms with Crippen molar-refractivity contribution in [3.63, 3.8) is 0 Å². The number of fused-ring (bicyclic) bond motifs is 1. The SMILES string of the molecule is CCOC(=O)c1cccc(Cn2c(C)nc3scc(-c4ccc(OC)cc4)c3c2=O)c1. The van der Waals surface area contributed by atoms with Crippen molar-refractivity contribution >= 4 is 27.5 Å². The second kappa shape index (κ2) is 8.73. The minimum Gasteiger partial charge on any atom is -0.497 e. The molecule has 0 spiro atoms. The molecular formula is C24H22N2O4S. The zero-order valence-corrected chi connectivity index (χ0v) is 18.4. The Hall–Kier alpha value is -3.45. The average Bonchev–Trinajstić information content (AvgIpc) is 3.21. The fraction of sp³-hybridized carbons (Fsp3) is 0.208. The number of carbonyl (C=O) groups is 1. The number of thiophene rings is 1. The summed E-state index contributed by atoms with van der Waals surface area (Å²) >= 11 is 1.46. The summed E-state index contributed by atoms with van der Waals surface area (Å²) in [7, 11) is 1.62. The van der Waals surface area contributed by atoms with Gasteiger partial charge in [0.25, 0.3) is 5.56 Å². The Morgan fingerprint density at radius 1 is 1.16 bits per heavy atom. The highest BCUT2D eigenvalue weighted by molar-refractivity contribution is 7.17. The summed E-state index contributed by atoms with van der Waals surface area (Å²) in [6, 6.07) is 14.8. The maximum atomic E-state index is 13.5. The first kappa shape index (κ1) is 20.8. The number of rotatable bonds is 6. The Bertz CT molecular complexity index is 1310. The second-order valence-corrected chi connectivity index (χ2v) is 7.89. The van der Waals surface area contributed by atoms with Gasteiger partial charge in [0.1, 0.15) is 16.4 Å². The van der Waals surface area contributed by atoms with Crippen molar-refractivity contribution in [1.29, 1.82) is 0 Å². The van der Waals surface area contributed by atoms with Crippen LogP contribution in [0.2, 0.25) is 0 Å². The predicted octanol–water partition coefficient (Wildman–Crippen LogP) is 4.67. The number of nitrogens with zero attached hydrogens (tertiary/aromatic N) is 2. The molecule has 6 nitrogen and oxygen atoms in total. The highest BCUT2D eigenvalue weighted by Gasteiger charge is 2.16. The first-order chi connectivity index (χ1) is 15.0. The van der Waals surface area contributed by atoms with Gasteiger partial charge in [-0.25, -0.2) is 9.78 Å². The third-order valence-corrected chi connectivity index (χ3v) is 5.94. The largest absolute Gasteiger partial charge is 0.497 e. The fourth-order valence-electron chi connectivity index (χ4n) is 3.49. The molecule has 158 valence electrons. The number of benzene rings is 2. The lowest BCUT2D eigenvalue weighted by atomic mass is 10.1. The number of aryl methyl sites for hydroxylation is 1. The molecule has 0 unspecified atom stereocenters. The molecule has 0 bridgehead atoms. The lowest BCUT2D eigenvalue weighted by Crippen LogP contribution is -2.24. The Kier molecular flexibility index (Phi) is 5.86. The van der Waals surface area contributed by atoms with E-state index in [1.807, 2.05) is 42.6 Å². The molecule has 31 heavy (non-hydrogen) atoms. The molecular weight excluding hydrogens is 412 g/mol. The van der Waals surface area contributed by atoms with Gasteiger partial charge in [-0.15, -0.1) is 11.3 Å². The van der Waals surface area contributed by atoms with E-state index in [0.717, 1.165) is 22.4 Å². The summed E-state index contributed by atoms with van der Waals surface area (Å²) in [5.41, 5.74) is 2.99. The van der Waals surface area contributed by atoms with Crippen LogP contribution in [0.3, 0.4) is 0 Å². The van der Waals surface area contributed by atoms with Gasteiger partial charge in [0.15, 0.2) is 0 Å². The molecule has 0 amide bonds. The standard InChI is InChI=1S/C24H22N2O4S/c1-4-30-24(28)18-7-5-6-16(12-18)13-26-15(2)25-22-21(23(26)27)20(14-31-22)17-8-10-19(29-3)11-9-17/h5-12,14H,4,13H2,1-3H3. The molecule has 0 fully saturated rings. The maximum absolute atomic E-state index is 13.5. The third kappa shape index (κ3) is 4.09. The van der Waals surface area contributed by atoms with Crippen molar-refractivity contribution in [2.24, 2.45) is 0 Å². The van der Waals surface area contributed by atoms with Crippen LogP contribution in [0.1, 0.15) is 28.7 Å². The zero-order valence-electron chi connectivity index (χ0n) is 17.5. The van der Waals surface area contributed by atoms with Gasteiger partial charge in [0.05, 0.1) is 31.2 Å². The van der Waals surface area contributed by atoms with E-state index in [1.54, 1.807) is 36.8 Å². The summed E-state index contributed by atoms with van der Waals surface area (Å²) in [4.78, 5) is 30.9. The Morgan fingerprint density at radius 2 is 1.94 bits per heavy atom. The van der Waals surface area contributed by atoms with E-state index in [-0.39, 0.29) is 11.5 Å². The van der Waals surface area contributed by atoms with E-state index >= 15 is 0 Å². The fourth-order valence-corrected chi connectivity index (χ4v) is 4.47.